The van der Waals surface area contributed by atoms with E-state index in [1.165, 1.54) is 7.05 Å². The summed E-state index contributed by atoms with van der Waals surface area (Å²) >= 11 is 0. The van der Waals surface area contributed by atoms with Gasteiger partial charge in [-0.3, -0.25) is 19.3 Å². The fraction of sp³-hybridized carbons (Fsp3) is 0.769. The summed E-state index contributed by atoms with van der Waals surface area (Å²) in [6.45, 7) is 0.496. The monoisotopic (exact) mass is 267 g/mol. The molecule has 1 aliphatic heterocycles. The average Bonchev–Trinajstić information content (AvgIpc) is 2.66. The maximum absolute atomic E-state index is 12.2. The fourth-order valence-electron chi connectivity index (χ4n) is 2.98. The van der Waals surface area contributed by atoms with Gasteiger partial charge in [0, 0.05) is 13.0 Å². The Morgan fingerprint density at radius 1 is 1.37 bits per heavy atom. The molecule has 6 heteroatoms. The van der Waals surface area contributed by atoms with Gasteiger partial charge in [0.15, 0.2) is 0 Å². The summed E-state index contributed by atoms with van der Waals surface area (Å²) in [4.78, 5) is 36.5. The molecule has 0 aromatic carbocycles. The van der Waals surface area contributed by atoms with E-state index in [2.05, 4.69) is 5.32 Å². The Morgan fingerprint density at radius 2 is 2.05 bits per heavy atom. The topological polar surface area (TPSA) is 92.5 Å². The van der Waals surface area contributed by atoms with E-state index in [0.717, 1.165) is 30.6 Å². The van der Waals surface area contributed by atoms with E-state index in [1.807, 2.05) is 0 Å². The molecular weight excluding hydrogens is 246 g/mol. The molecule has 1 aliphatic carbocycles. The molecule has 0 aromatic heterocycles. The number of hydrogen-bond acceptors (Lipinski definition) is 4. The third-order valence-electron chi connectivity index (χ3n) is 4.25. The van der Waals surface area contributed by atoms with Gasteiger partial charge < -0.3 is 11.1 Å². The number of amides is 3. The average molecular weight is 267 g/mol. The van der Waals surface area contributed by atoms with E-state index >= 15 is 0 Å². The first kappa shape index (κ1) is 14.0. The number of imide groups is 1. The van der Waals surface area contributed by atoms with Crippen LogP contribution < -0.4 is 11.1 Å². The van der Waals surface area contributed by atoms with Gasteiger partial charge in [0.25, 0.3) is 5.91 Å². The minimum atomic E-state index is -0.689. The number of rotatable bonds is 3. The Morgan fingerprint density at radius 3 is 2.63 bits per heavy atom. The Labute approximate surface area is 112 Å². The number of carbonyl (C=O) groups excluding carboxylic acids is 3. The van der Waals surface area contributed by atoms with Crippen LogP contribution in [0.1, 0.15) is 32.1 Å². The number of likely N-dealkylation sites (N-methyl/N-ethyl adjacent to an activating group) is 1. The van der Waals surface area contributed by atoms with Gasteiger partial charge in [0.2, 0.25) is 11.8 Å². The van der Waals surface area contributed by atoms with E-state index < -0.39 is 6.04 Å². The quantitative estimate of drug-likeness (QED) is 0.682. The standard InChI is InChI=1S/C13H21N3O3/c1-16-11(17)6-10(13(16)19)15-12(18)9-5-3-2-4-8(9)7-14/h8-10H,2-7,14H2,1H3,(H,15,18). The maximum atomic E-state index is 12.2. The first-order valence-corrected chi connectivity index (χ1v) is 6.85. The van der Waals surface area contributed by atoms with Crippen molar-refractivity contribution in [2.24, 2.45) is 17.6 Å². The van der Waals surface area contributed by atoms with Crippen LogP contribution in [0.3, 0.4) is 0 Å². The van der Waals surface area contributed by atoms with Gasteiger partial charge in [0.05, 0.1) is 6.42 Å². The van der Waals surface area contributed by atoms with Crippen molar-refractivity contribution in [3.8, 4) is 0 Å². The number of nitrogens with two attached hydrogens (primary N) is 1. The summed E-state index contributed by atoms with van der Waals surface area (Å²) in [5.74, 6) is -0.615. The zero-order valence-corrected chi connectivity index (χ0v) is 11.2. The SMILES string of the molecule is CN1C(=O)CC(NC(=O)C2CCCCC2CN)C1=O. The van der Waals surface area contributed by atoms with Gasteiger partial charge >= 0.3 is 0 Å². The summed E-state index contributed by atoms with van der Waals surface area (Å²) < 4.78 is 0. The lowest BCUT2D eigenvalue weighted by atomic mass is 9.78. The van der Waals surface area contributed by atoms with Crippen LogP contribution in [0.25, 0.3) is 0 Å². The summed E-state index contributed by atoms with van der Waals surface area (Å²) in [6, 6.07) is -0.689. The third-order valence-corrected chi connectivity index (χ3v) is 4.25. The second-order valence-corrected chi connectivity index (χ2v) is 5.44. The van der Waals surface area contributed by atoms with Gasteiger partial charge in [-0.15, -0.1) is 0 Å². The van der Waals surface area contributed by atoms with Crippen LogP contribution >= 0.6 is 0 Å². The fourth-order valence-corrected chi connectivity index (χ4v) is 2.98. The lowest BCUT2D eigenvalue weighted by molar-refractivity contribution is -0.138. The highest BCUT2D eigenvalue weighted by Gasteiger charge is 2.39. The van der Waals surface area contributed by atoms with E-state index in [0.29, 0.717) is 6.54 Å². The van der Waals surface area contributed by atoms with Crippen molar-refractivity contribution >= 4 is 17.7 Å². The molecule has 6 nitrogen and oxygen atoms in total. The van der Waals surface area contributed by atoms with Crippen molar-refractivity contribution in [1.82, 2.24) is 10.2 Å². The molecule has 3 N–H and O–H groups in total. The van der Waals surface area contributed by atoms with Crippen LogP contribution in [0.15, 0.2) is 0 Å². The van der Waals surface area contributed by atoms with Gasteiger partial charge in [-0.05, 0) is 25.3 Å². The van der Waals surface area contributed by atoms with Crippen LogP contribution in [0.2, 0.25) is 0 Å². The zero-order valence-electron chi connectivity index (χ0n) is 11.2. The number of nitrogens with zero attached hydrogens (tertiary/aromatic N) is 1. The molecule has 1 heterocycles. The van der Waals surface area contributed by atoms with Crippen molar-refractivity contribution in [3.63, 3.8) is 0 Å². The van der Waals surface area contributed by atoms with E-state index in [-0.39, 0.29) is 36.0 Å². The predicted molar refractivity (Wildman–Crippen MR) is 68.8 cm³/mol. The summed E-state index contributed by atoms with van der Waals surface area (Å²) in [6.07, 6.45) is 3.98. The van der Waals surface area contributed by atoms with Gasteiger partial charge in [-0.1, -0.05) is 12.8 Å². The zero-order chi connectivity index (χ0) is 14.0. The van der Waals surface area contributed by atoms with Crippen LogP contribution in [-0.4, -0.2) is 42.3 Å². The molecule has 3 atom stereocenters. The predicted octanol–water partition coefficient (Wildman–Crippen LogP) is -0.375. The van der Waals surface area contributed by atoms with Crippen molar-refractivity contribution < 1.29 is 14.4 Å². The molecule has 2 fully saturated rings. The van der Waals surface area contributed by atoms with Crippen LogP contribution in [0, 0.1) is 11.8 Å². The molecule has 2 aliphatic rings. The molecule has 106 valence electrons. The second kappa shape index (κ2) is 5.69. The molecule has 0 aromatic rings. The Balaban J connectivity index is 1.97. The molecule has 2 rings (SSSR count). The lowest BCUT2D eigenvalue weighted by Crippen LogP contribution is -2.46. The minimum Gasteiger partial charge on any atom is -0.344 e. The lowest BCUT2D eigenvalue weighted by Gasteiger charge is -2.30. The molecule has 3 unspecified atom stereocenters. The van der Waals surface area contributed by atoms with Crippen LogP contribution in [0.4, 0.5) is 0 Å². The summed E-state index contributed by atoms with van der Waals surface area (Å²) in [7, 11) is 1.44. The summed E-state index contributed by atoms with van der Waals surface area (Å²) in [5.41, 5.74) is 5.70. The number of carbonyl (C=O) groups is 3. The highest BCUT2D eigenvalue weighted by molar-refractivity contribution is 6.06. The number of likely N-dealkylation sites (tertiary alicyclic amines) is 1. The van der Waals surface area contributed by atoms with Gasteiger partial charge in [-0.2, -0.15) is 0 Å². The highest BCUT2D eigenvalue weighted by Crippen LogP contribution is 2.29. The first-order chi connectivity index (χ1) is 9.04. The third kappa shape index (κ3) is 2.78. The molecule has 3 amide bonds. The Hall–Kier alpha value is -1.43. The molecule has 1 saturated heterocycles. The van der Waals surface area contributed by atoms with Gasteiger partial charge in [-0.25, -0.2) is 0 Å². The first-order valence-electron chi connectivity index (χ1n) is 6.85. The second-order valence-electron chi connectivity index (χ2n) is 5.44. The smallest absolute Gasteiger partial charge is 0.252 e. The number of nitrogens with one attached hydrogen (secondary N) is 1. The molecular formula is C13H21N3O3. The molecule has 19 heavy (non-hydrogen) atoms. The number of hydrogen-bond donors (Lipinski definition) is 2. The normalized spacial score (nSPS) is 31.7. The molecule has 0 radical (unpaired) electrons. The Kier molecular flexibility index (Phi) is 4.19. The van der Waals surface area contributed by atoms with E-state index in [9.17, 15) is 14.4 Å². The van der Waals surface area contributed by atoms with E-state index in [4.69, 9.17) is 5.73 Å². The largest absolute Gasteiger partial charge is 0.344 e. The minimum absolute atomic E-state index is 0.0705. The molecule has 0 bridgehead atoms. The van der Waals surface area contributed by atoms with Crippen molar-refractivity contribution in [2.45, 2.75) is 38.1 Å². The van der Waals surface area contributed by atoms with Crippen molar-refractivity contribution in [2.75, 3.05) is 13.6 Å². The van der Waals surface area contributed by atoms with Crippen LogP contribution in [0.5, 0.6) is 0 Å². The molecule has 0 spiro atoms. The summed E-state index contributed by atoms with van der Waals surface area (Å²) in [5, 5.41) is 2.72. The van der Waals surface area contributed by atoms with Crippen LogP contribution in [-0.2, 0) is 14.4 Å². The van der Waals surface area contributed by atoms with Crippen molar-refractivity contribution in [3.05, 3.63) is 0 Å². The Bertz CT molecular complexity index is 397. The van der Waals surface area contributed by atoms with E-state index in [1.54, 1.807) is 0 Å². The van der Waals surface area contributed by atoms with Gasteiger partial charge in [0.1, 0.15) is 6.04 Å². The van der Waals surface area contributed by atoms with Crippen molar-refractivity contribution in [1.29, 1.82) is 0 Å². The molecule has 1 saturated carbocycles. The highest BCUT2D eigenvalue weighted by atomic mass is 16.2. The maximum Gasteiger partial charge on any atom is 0.252 e.